The molecular weight excluding hydrogens is 253 g/mol. The molecule has 1 unspecified atom stereocenters. The summed E-state index contributed by atoms with van der Waals surface area (Å²) in [4.78, 5) is 0. The fraction of sp³-hybridized carbons (Fsp3) is 0.294. The number of ether oxygens (including phenoxy) is 1. The van der Waals surface area contributed by atoms with E-state index in [9.17, 15) is 4.39 Å². The van der Waals surface area contributed by atoms with Gasteiger partial charge in [-0.2, -0.15) is 0 Å². The van der Waals surface area contributed by atoms with Gasteiger partial charge in [0.2, 0.25) is 0 Å². The molecule has 2 rings (SSSR count). The quantitative estimate of drug-likeness (QED) is 0.926. The van der Waals surface area contributed by atoms with Crippen LogP contribution in [0, 0.1) is 19.7 Å². The summed E-state index contributed by atoms with van der Waals surface area (Å²) >= 11 is 0. The van der Waals surface area contributed by atoms with Crippen molar-refractivity contribution in [1.29, 1.82) is 0 Å². The van der Waals surface area contributed by atoms with Gasteiger partial charge in [0.1, 0.15) is 11.6 Å². The summed E-state index contributed by atoms with van der Waals surface area (Å²) < 4.78 is 19.3. The lowest BCUT2D eigenvalue weighted by atomic mass is 9.82. The molecule has 2 aromatic carbocycles. The standard InChI is InChI=1S/C17H20FNO/c1-11-5-6-12(2)15(9-11)17(3,19)14-8-7-13(20-4)10-16(14)18/h5-10H,19H2,1-4H3. The summed E-state index contributed by atoms with van der Waals surface area (Å²) in [6.45, 7) is 5.82. The van der Waals surface area contributed by atoms with Crippen molar-refractivity contribution in [3.05, 3.63) is 64.5 Å². The van der Waals surface area contributed by atoms with Crippen LogP contribution in [0.25, 0.3) is 0 Å². The van der Waals surface area contributed by atoms with Crippen LogP contribution in [0.3, 0.4) is 0 Å². The molecule has 0 amide bonds. The minimum atomic E-state index is -0.882. The maximum Gasteiger partial charge on any atom is 0.132 e. The van der Waals surface area contributed by atoms with Crippen LogP contribution in [-0.4, -0.2) is 7.11 Å². The molecule has 0 saturated heterocycles. The number of hydrogen-bond donors (Lipinski definition) is 1. The monoisotopic (exact) mass is 273 g/mol. The van der Waals surface area contributed by atoms with Crippen LogP contribution in [0.5, 0.6) is 5.75 Å². The van der Waals surface area contributed by atoms with Crippen LogP contribution in [-0.2, 0) is 5.54 Å². The van der Waals surface area contributed by atoms with E-state index < -0.39 is 5.54 Å². The Labute approximate surface area is 119 Å². The van der Waals surface area contributed by atoms with E-state index in [0.29, 0.717) is 11.3 Å². The van der Waals surface area contributed by atoms with Crippen molar-refractivity contribution in [3.8, 4) is 5.75 Å². The van der Waals surface area contributed by atoms with Gasteiger partial charge in [-0.15, -0.1) is 0 Å². The molecule has 106 valence electrons. The van der Waals surface area contributed by atoms with E-state index >= 15 is 0 Å². The highest BCUT2D eigenvalue weighted by atomic mass is 19.1. The number of hydrogen-bond acceptors (Lipinski definition) is 2. The maximum absolute atomic E-state index is 14.3. The lowest BCUT2D eigenvalue weighted by Gasteiger charge is -2.28. The van der Waals surface area contributed by atoms with E-state index in [1.165, 1.54) is 13.2 Å². The Morgan fingerprint density at radius 1 is 1.05 bits per heavy atom. The molecule has 1 atom stereocenters. The SMILES string of the molecule is COc1ccc(C(C)(N)c2cc(C)ccc2C)c(F)c1. The smallest absolute Gasteiger partial charge is 0.132 e. The molecular formula is C17H20FNO. The Kier molecular flexibility index (Phi) is 3.82. The fourth-order valence-corrected chi connectivity index (χ4v) is 2.48. The Bertz CT molecular complexity index is 635. The summed E-state index contributed by atoms with van der Waals surface area (Å²) in [5, 5.41) is 0. The second kappa shape index (κ2) is 5.25. The first-order valence-electron chi connectivity index (χ1n) is 6.57. The molecule has 0 aromatic heterocycles. The second-order valence-corrected chi connectivity index (χ2v) is 5.37. The molecule has 2 aromatic rings. The van der Waals surface area contributed by atoms with Gasteiger partial charge >= 0.3 is 0 Å². The van der Waals surface area contributed by atoms with Gasteiger partial charge in [0.25, 0.3) is 0 Å². The number of halogens is 1. The average molecular weight is 273 g/mol. The highest BCUT2D eigenvalue weighted by Crippen LogP contribution is 2.32. The summed E-state index contributed by atoms with van der Waals surface area (Å²) in [6.07, 6.45) is 0. The molecule has 2 nitrogen and oxygen atoms in total. The van der Waals surface area contributed by atoms with Crippen molar-refractivity contribution in [2.45, 2.75) is 26.3 Å². The first-order chi connectivity index (χ1) is 9.36. The van der Waals surface area contributed by atoms with Crippen molar-refractivity contribution in [2.75, 3.05) is 7.11 Å². The third-order valence-electron chi connectivity index (χ3n) is 3.69. The molecule has 0 fully saturated rings. The normalized spacial score (nSPS) is 13.9. The van der Waals surface area contributed by atoms with Crippen molar-refractivity contribution < 1.29 is 9.13 Å². The summed E-state index contributed by atoms with van der Waals surface area (Å²) in [5.41, 5.74) is 9.11. The number of rotatable bonds is 3. The van der Waals surface area contributed by atoms with Gasteiger partial charge in [-0.05, 0) is 38.0 Å². The van der Waals surface area contributed by atoms with Crippen LogP contribution in [0.1, 0.15) is 29.2 Å². The highest BCUT2D eigenvalue weighted by Gasteiger charge is 2.28. The molecule has 0 heterocycles. The molecule has 0 aliphatic carbocycles. The number of nitrogens with two attached hydrogens (primary N) is 1. The lowest BCUT2D eigenvalue weighted by molar-refractivity contribution is 0.409. The predicted molar refractivity (Wildman–Crippen MR) is 79.5 cm³/mol. The van der Waals surface area contributed by atoms with E-state index in [1.54, 1.807) is 12.1 Å². The molecule has 0 bridgehead atoms. The van der Waals surface area contributed by atoms with E-state index in [2.05, 4.69) is 0 Å². The number of aryl methyl sites for hydroxylation is 2. The predicted octanol–water partition coefficient (Wildman–Crippen LogP) is 3.67. The highest BCUT2D eigenvalue weighted by molar-refractivity contribution is 5.45. The summed E-state index contributed by atoms with van der Waals surface area (Å²) in [6, 6.07) is 10.8. The molecule has 0 aliphatic heterocycles. The van der Waals surface area contributed by atoms with Gasteiger partial charge < -0.3 is 10.5 Å². The van der Waals surface area contributed by atoms with Gasteiger partial charge in [0, 0.05) is 11.6 Å². The number of methoxy groups -OCH3 is 1. The molecule has 0 aliphatic rings. The van der Waals surface area contributed by atoms with E-state index in [4.69, 9.17) is 10.5 Å². The Balaban J connectivity index is 2.57. The minimum Gasteiger partial charge on any atom is -0.497 e. The Morgan fingerprint density at radius 2 is 1.75 bits per heavy atom. The second-order valence-electron chi connectivity index (χ2n) is 5.37. The minimum absolute atomic E-state index is 0.352. The number of benzene rings is 2. The van der Waals surface area contributed by atoms with Crippen LogP contribution in [0.4, 0.5) is 4.39 Å². The van der Waals surface area contributed by atoms with Crippen molar-refractivity contribution >= 4 is 0 Å². The summed E-state index contributed by atoms with van der Waals surface area (Å²) in [7, 11) is 1.51. The first kappa shape index (κ1) is 14.5. The molecule has 0 spiro atoms. The fourth-order valence-electron chi connectivity index (χ4n) is 2.48. The van der Waals surface area contributed by atoms with Gasteiger partial charge in [-0.1, -0.05) is 29.8 Å². The van der Waals surface area contributed by atoms with E-state index in [1.807, 2.05) is 39.0 Å². The van der Waals surface area contributed by atoms with Crippen LogP contribution < -0.4 is 10.5 Å². The molecule has 0 saturated carbocycles. The molecule has 0 radical (unpaired) electrons. The van der Waals surface area contributed by atoms with Crippen molar-refractivity contribution in [3.63, 3.8) is 0 Å². The van der Waals surface area contributed by atoms with Gasteiger partial charge in [-0.25, -0.2) is 4.39 Å². The maximum atomic E-state index is 14.3. The summed E-state index contributed by atoms with van der Waals surface area (Å²) in [5.74, 6) is 0.137. The van der Waals surface area contributed by atoms with Crippen LogP contribution >= 0.6 is 0 Å². The first-order valence-corrected chi connectivity index (χ1v) is 6.57. The Hall–Kier alpha value is -1.87. The molecule has 3 heteroatoms. The zero-order valence-electron chi connectivity index (χ0n) is 12.3. The van der Waals surface area contributed by atoms with E-state index in [-0.39, 0.29) is 5.82 Å². The zero-order chi connectivity index (χ0) is 14.9. The third kappa shape index (κ3) is 2.54. The largest absolute Gasteiger partial charge is 0.497 e. The van der Waals surface area contributed by atoms with Crippen LogP contribution in [0.2, 0.25) is 0 Å². The zero-order valence-corrected chi connectivity index (χ0v) is 12.3. The van der Waals surface area contributed by atoms with Crippen molar-refractivity contribution in [1.82, 2.24) is 0 Å². The van der Waals surface area contributed by atoms with Gasteiger partial charge in [0.15, 0.2) is 0 Å². The van der Waals surface area contributed by atoms with Crippen molar-refractivity contribution in [2.24, 2.45) is 5.73 Å². The van der Waals surface area contributed by atoms with Gasteiger partial charge in [0.05, 0.1) is 12.6 Å². The van der Waals surface area contributed by atoms with E-state index in [0.717, 1.165) is 16.7 Å². The topological polar surface area (TPSA) is 35.2 Å². The third-order valence-corrected chi connectivity index (χ3v) is 3.69. The average Bonchev–Trinajstić information content (AvgIpc) is 2.40. The molecule has 20 heavy (non-hydrogen) atoms. The van der Waals surface area contributed by atoms with Gasteiger partial charge in [-0.3, -0.25) is 0 Å². The molecule has 2 N–H and O–H groups in total. The van der Waals surface area contributed by atoms with Crippen LogP contribution in [0.15, 0.2) is 36.4 Å². The Morgan fingerprint density at radius 3 is 2.35 bits per heavy atom. The lowest BCUT2D eigenvalue weighted by Crippen LogP contribution is -2.36.